The summed E-state index contributed by atoms with van der Waals surface area (Å²) >= 11 is 11.7. The second kappa shape index (κ2) is 8.83. The molecule has 0 amide bonds. The van der Waals surface area contributed by atoms with Crippen molar-refractivity contribution >= 4 is 34.9 Å². The quantitative estimate of drug-likeness (QED) is 0.283. The van der Waals surface area contributed by atoms with Crippen molar-refractivity contribution in [2.24, 2.45) is 11.1 Å². The Bertz CT molecular complexity index is 1300. The lowest BCUT2D eigenvalue weighted by Gasteiger charge is -2.39. The summed E-state index contributed by atoms with van der Waals surface area (Å²) in [5, 5.41) is 6.33. The number of rotatable bonds is 3. The van der Waals surface area contributed by atoms with Crippen LogP contribution in [0.25, 0.3) is 0 Å². The highest BCUT2D eigenvalue weighted by Gasteiger charge is 2.56. The van der Waals surface area contributed by atoms with E-state index in [-0.39, 0.29) is 10.6 Å². The van der Waals surface area contributed by atoms with Gasteiger partial charge in [-0.2, -0.15) is 13.2 Å². The summed E-state index contributed by atoms with van der Waals surface area (Å²) in [5.41, 5.74) is -1.39. The van der Waals surface area contributed by atoms with Crippen LogP contribution >= 0.6 is 23.2 Å². The van der Waals surface area contributed by atoms with E-state index in [0.717, 1.165) is 12.1 Å². The molecule has 2 aromatic rings. The van der Waals surface area contributed by atoms with Crippen molar-refractivity contribution in [2.45, 2.75) is 50.4 Å². The first-order valence-corrected chi connectivity index (χ1v) is 12.2. The van der Waals surface area contributed by atoms with Crippen molar-refractivity contribution in [3.8, 4) is 0 Å². The average molecular weight is 561 g/mol. The second-order valence-electron chi connectivity index (χ2n) is 10.2. The van der Waals surface area contributed by atoms with E-state index in [1.54, 1.807) is 26.8 Å². The van der Waals surface area contributed by atoms with Crippen LogP contribution in [0.15, 0.2) is 35.5 Å². The Labute approximate surface area is 219 Å². The molecule has 3 atom stereocenters. The van der Waals surface area contributed by atoms with Gasteiger partial charge in [0.1, 0.15) is 28.6 Å². The Morgan fingerprint density at radius 3 is 2.43 bits per heavy atom. The molecule has 1 fully saturated rings. The summed E-state index contributed by atoms with van der Waals surface area (Å²) in [4.78, 5) is 18.1. The molecule has 198 valence electrons. The SMILES string of the molecule is CC(C)(C)OC(=O)[C@@H]1OC2(CNC2)c2ccc(C3=NOC(c4cc(Cl)cc(Cl)c4F)C3C(F)(F)F)cc21. The van der Waals surface area contributed by atoms with Gasteiger partial charge in [0.05, 0.1) is 5.02 Å². The molecule has 3 heterocycles. The van der Waals surface area contributed by atoms with Gasteiger partial charge in [-0.05, 0) is 50.1 Å². The van der Waals surface area contributed by atoms with Gasteiger partial charge in [-0.15, -0.1) is 0 Å². The van der Waals surface area contributed by atoms with Gasteiger partial charge < -0.3 is 19.6 Å². The van der Waals surface area contributed by atoms with Gasteiger partial charge in [-0.3, -0.25) is 0 Å². The minimum Gasteiger partial charge on any atom is -0.458 e. The smallest absolute Gasteiger partial charge is 0.401 e. The highest BCUT2D eigenvalue weighted by atomic mass is 35.5. The van der Waals surface area contributed by atoms with Crippen LogP contribution in [-0.4, -0.2) is 36.5 Å². The molecule has 1 saturated heterocycles. The summed E-state index contributed by atoms with van der Waals surface area (Å²) in [6, 6.07) is 6.64. The monoisotopic (exact) mass is 560 g/mol. The maximum Gasteiger partial charge on any atom is 0.401 e. The molecule has 0 radical (unpaired) electrons. The van der Waals surface area contributed by atoms with Crippen LogP contribution in [0.4, 0.5) is 17.6 Å². The molecule has 0 saturated carbocycles. The molecular weight excluding hydrogens is 539 g/mol. The van der Waals surface area contributed by atoms with Crippen LogP contribution in [0.1, 0.15) is 55.2 Å². The number of carbonyl (C=O) groups is 1. The first-order valence-electron chi connectivity index (χ1n) is 11.4. The Morgan fingerprint density at radius 2 is 1.84 bits per heavy atom. The Morgan fingerprint density at radius 1 is 1.14 bits per heavy atom. The number of alkyl halides is 3. The average Bonchev–Trinajstić information content (AvgIpc) is 3.34. The molecule has 0 aromatic heterocycles. The number of hydrogen-bond donors (Lipinski definition) is 1. The maximum absolute atomic E-state index is 14.7. The van der Waals surface area contributed by atoms with E-state index in [2.05, 4.69) is 10.5 Å². The first kappa shape index (κ1) is 26.2. The molecule has 12 heteroatoms. The van der Waals surface area contributed by atoms with Crippen LogP contribution in [-0.2, 0) is 24.7 Å². The third-order valence-corrected chi connectivity index (χ3v) is 6.94. The van der Waals surface area contributed by atoms with Crippen molar-refractivity contribution in [3.63, 3.8) is 0 Å². The van der Waals surface area contributed by atoms with Crippen molar-refractivity contribution in [3.05, 3.63) is 68.4 Å². The van der Waals surface area contributed by atoms with E-state index < -0.39 is 63.6 Å². The van der Waals surface area contributed by atoms with Crippen LogP contribution in [0, 0.1) is 11.7 Å². The molecule has 37 heavy (non-hydrogen) atoms. The number of carbonyl (C=O) groups excluding carboxylic acids is 1. The molecule has 0 aliphatic carbocycles. The highest BCUT2D eigenvalue weighted by molar-refractivity contribution is 6.34. The van der Waals surface area contributed by atoms with Crippen molar-refractivity contribution in [2.75, 3.05) is 13.1 Å². The maximum atomic E-state index is 14.7. The van der Waals surface area contributed by atoms with Crippen molar-refractivity contribution < 1.29 is 36.7 Å². The van der Waals surface area contributed by atoms with Gasteiger partial charge in [0, 0.05) is 29.2 Å². The molecule has 5 rings (SSSR count). The predicted molar refractivity (Wildman–Crippen MR) is 127 cm³/mol. The molecule has 3 aliphatic heterocycles. The molecule has 1 spiro atoms. The molecule has 3 aliphatic rings. The predicted octanol–water partition coefficient (Wildman–Crippen LogP) is 6.00. The van der Waals surface area contributed by atoms with Crippen molar-refractivity contribution in [1.29, 1.82) is 0 Å². The van der Waals surface area contributed by atoms with Crippen molar-refractivity contribution in [1.82, 2.24) is 5.32 Å². The summed E-state index contributed by atoms with van der Waals surface area (Å²) < 4.78 is 69.4. The number of hydrogen-bond acceptors (Lipinski definition) is 6. The van der Waals surface area contributed by atoms with E-state index in [1.165, 1.54) is 12.1 Å². The molecule has 0 bridgehead atoms. The topological polar surface area (TPSA) is 69.2 Å². The largest absolute Gasteiger partial charge is 0.458 e. The summed E-state index contributed by atoms with van der Waals surface area (Å²) in [6.45, 7) is 5.99. The Balaban J connectivity index is 1.55. The molecule has 2 unspecified atom stereocenters. The number of oxime groups is 1. The van der Waals surface area contributed by atoms with E-state index in [9.17, 15) is 22.4 Å². The van der Waals surface area contributed by atoms with Gasteiger partial charge in [0.25, 0.3) is 0 Å². The fourth-order valence-corrected chi connectivity index (χ4v) is 5.32. The molecule has 2 aromatic carbocycles. The lowest BCUT2D eigenvalue weighted by atomic mass is 9.83. The lowest BCUT2D eigenvalue weighted by Crippen LogP contribution is -2.57. The van der Waals surface area contributed by atoms with Crippen LogP contribution < -0.4 is 5.32 Å². The molecular formula is C25H22Cl2F4N2O4. The third-order valence-electron chi connectivity index (χ3n) is 6.45. The third kappa shape index (κ3) is 4.58. The minimum atomic E-state index is -4.86. The highest BCUT2D eigenvalue weighted by Crippen LogP contribution is 2.50. The normalized spacial score (nSPS) is 24.4. The molecule has 1 N–H and O–H groups in total. The van der Waals surface area contributed by atoms with Gasteiger partial charge in [-0.1, -0.05) is 40.5 Å². The van der Waals surface area contributed by atoms with E-state index in [4.69, 9.17) is 37.5 Å². The number of halogens is 6. The van der Waals surface area contributed by atoms with E-state index in [1.807, 2.05) is 0 Å². The summed E-state index contributed by atoms with van der Waals surface area (Å²) in [6.07, 6.45) is -7.84. The van der Waals surface area contributed by atoms with Crippen LogP contribution in [0.2, 0.25) is 10.0 Å². The van der Waals surface area contributed by atoms with Gasteiger partial charge in [0.15, 0.2) is 12.2 Å². The van der Waals surface area contributed by atoms with Gasteiger partial charge >= 0.3 is 12.1 Å². The number of esters is 1. The Hall–Kier alpha value is -2.40. The number of nitrogens with one attached hydrogen (secondary N) is 1. The standard InChI is InChI=1S/C25H22Cl2F4N2O4/c1-23(2,3)36-22(34)21-13-6-11(4-5-15(13)24(35-21)9-32-10-24)19-17(25(29,30)31)20(37-33-19)14-7-12(26)8-16(27)18(14)28/h4-8,17,20-21,32H,9-10H2,1-3H3/t17?,20?,21-/m1/s1. The van der Waals surface area contributed by atoms with E-state index in [0.29, 0.717) is 24.2 Å². The number of nitrogens with zero attached hydrogens (tertiary/aromatic N) is 1. The zero-order valence-electron chi connectivity index (χ0n) is 19.9. The summed E-state index contributed by atoms with van der Waals surface area (Å²) in [5.74, 6) is -4.05. The van der Waals surface area contributed by atoms with Crippen LogP contribution in [0.5, 0.6) is 0 Å². The van der Waals surface area contributed by atoms with Gasteiger partial charge in [0.2, 0.25) is 0 Å². The number of benzene rings is 2. The van der Waals surface area contributed by atoms with Gasteiger partial charge in [-0.25, -0.2) is 9.18 Å². The second-order valence-corrected chi connectivity index (χ2v) is 11.1. The Kier molecular flexibility index (Phi) is 6.26. The molecule has 6 nitrogen and oxygen atoms in total. The first-order chi connectivity index (χ1) is 17.2. The van der Waals surface area contributed by atoms with Crippen LogP contribution in [0.3, 0.4) is 0 Å². The zero-order chi connectivity index (χ0) is 26.9. The zero-order valence-corrected chi connectivity index (χ0v) is 21.4. The minimum absolute atomic E-state index is 0.0475. The lowest BCUT2D eigenvalue weighted by molar-refractivity contribution is -0.183. The number of ether oxygens (including phenoxy) is 2. The fraction of sp³-hybridized carbons (Fsp3) is 0.440. The number of fused-ring (bicyclic) bond motifs is 2. The van der Waals surface area contributed by atoms with E-state index >= 15 is 0 Å². The summed E-state index contributed by atoms with van der Waals surface area (Å²) in [7, 11) is 0. The fourth-order valence-electron chi connectivity index (χ4n) is 4.82.